The van der Waals surface area contributed by atoms with Crippen LogP contribution >= 0.6 is 23.2 Å². The molecule has 0 saturated carbocycles. The highest BCUT2D eigenvalue weighted by Gasteiger charge is 2.13. The number of anilines is 1. The molecule has 0 fully saturated rings. The first-order valence-corrected chi connectivity index (χ1v) is 9.35. The molecule has 0 aromatic heterocycles. The van der Waals surface area contributed by atoms with Crippen LogP contribution < -0.4 is 10.6 Å². The first-order chi connectivity index (χ1) is 13.3. The van der Waals surface area contributed by atoms with Crippen LogP contribution in [-0.2, 0) is 19.1 Å². The molecule has 148 valence electrons. The second kappa shape index (κ2) is 10.7. The smallest absolute Gasteiger partial charge is 0.306 e. The van der Waals surface area contributed by atoms with Gasteiger partial charge >= 0.3 is 5.97 Å². The lowest BCUT2D eigenvalue weighted by molar-refractivity contribution is -0.149. The molecule has 2 aromatic carbocycles. The number of nitrogens with one attached hydrogen (secondary N) is 2. The molecule has 0 heterocycles. The zero-order valence-electron chi connectivity index (χ0n) is 15.2. The van der Waals surface area contributed by atoms with Gasteiger partial charge in [0.1, 0.15) is 0 Å². The Bertz CT molecular complexity index is 843. The van der Waals surface area contributed by atoms with Crippen LogP contribution in [0.25, 0.3) is 0 Å². The van der Waals surface area contributed by atoms with E-state index in [1.54, 1.807) is 12.1 Å². The fourth-order valence-corrected chi connectivity index (χ4v) is 2.64. The van der Waals surface area contributed by atoms with Gasteiger partial charge in [-0.15, -0.1) is 0 Å². The molecule has 0 aliphatic heterocycles. The first kappa shape index (κ1) is 21.7. The van der Waals surface area contributed by atoms with Crippen LogP contribution in [0.1, 0.15) is 31.4 Å². The SMILES string of the molecule is C[C@@H](NC(=O)COC(=O)CCC(=O)Nc1ccc(Cl)c(Cl)c1)c1ccccc1. The molecule has 0 aliphatic carbocycles. The molecule has 0 radical (unpaired) electrons. The summed E-state index contributed by atoms with van der Waals surface area (Å²) in [7, 11) is 0. The maximum absolute atomic E-state index is 11.9. The Labute approximate surface area is 173 Å². The minimum absolute atomic E-state index is 0.0822. The Morgan fingerprint density at radius 1 is 0.964 bits per heavy atom. The third kappa shape index (κ3) is 7.21. The summed E-state index contributed by atoms with van der Waals surface area (Å²) in [4.78, 5) is 35.5. The fraction of sp³-hybridized carbons (Fsp3) is 0.250. The lowest BCUT2D eigenvalue weighted by Crippen LogP contribution is -2.31. The highest BCUT2D eigenvalue weighted by atomic mass is 35.5. The number of carbonyl (C=O) groups is 3. The van der Waals surface area contributed by atoms with Crippen molar-refractivity contribution < 1.29 is 19.1 Å². The van der Waals surface area contributed by atoms with E-state index >= 15 is 0 Å². The van der Waals surface area contributed by atoms with Crippen LogP contribution in [-0.4, -0.2) is 24.4 Å². The zero-order valence-corrected chi connectivity index (χ0v) is 16.7. The Morgan fingerprint density at radius 3 is 2.36 bits per heavy atom. The van der Waals surface area contributed by atoms with Gasteiger partial charge in [-0.2, -0.15) is 0 Å². The van der Waals surface area contributed by atoms with Crippen LogP contribution in [0.2, 0.25) is 10.0 Å². The molecule has 8 heteroatoms. The monoisotopic (exact) mass is 422 g/mol. The van der Waals surface area contributed by atoms with Crippen molar-refractivity contribution in [3.63, 3.8) is 0 Å². The van der Waals surface area contributed by atoms with Crippen molar-refractivity contribution in [3.05, 3.63) is 64.1 Å². The number of rotatable bonds is 8. The van der Waals surface area contributed by atoms with E-state index in [9.17, 15) is 14.4 Å². The van der Waals surface area contributed by atoms with Gasteiger partial charge in [0.2, 0.25) is 5.91 Å². The van der Waals surface area contributed by atoms with Gasteiger partial charge in [-0.1, -0.05) is 53.5 Å². The largest absolute Gasteiger partial charge is 0.456 e. The van der Waals surface area contributed by atoms with Crippen LogP contribution in [0.15, 0.2) is 48.5 Å². The summed E-state index contributed by atoms with van der Waals surface area (Å²) in [5, 5.41) is 6.04. The zero-order chi connectivity index (χ0) is 20.5. The normalized spacial score (nSPS) is 11.4. The van der Waals surface area contributed by atoms with Crippen molar-refractivity contribution >= 4 is 46.7 Å². The Kier molecular flexibility index (Phi) is 8.29. The minimum Gasteiger partial charge on any atom is -0.456 e. The molecule has 0 bridgehead atoms. The van der Waals surface area contributed by atoms with Crippen molar-refractivity contribution in [2.75, 3.05) is 11.9 Å². The summed E-state index contributed by atoms with van der Waals surface area (Å²) in [5.41, 5.74) is 1.42. The molecule has 2 rings (SSSR count). The van der Waals surface area contributed by atoms with Gasteiger partial charge in [0.05, 0.1) is 22.5 Å². The topological polar surface area (TPSA) is 84.5 Å². The molecule has 0 saturated heterocycles. The number of carbonyl (C=O) groups excluding carboxylic acids is 3. The molecule has 2 amide bonds. The number of halogens is 2. The van der Waals surface area contributed by atoms with Crippen LogP contribution in [0.4, 0.5) is 5.69 Å². The second-order valence-corrected chi connectivity index (χ2v) is 6.85. The quantitative estimate of drug-likeness (QED) is 0.626. The van der Waals surface area contributed by atoms with Crippen molar-refractivity contribution in [2.24, 2.45) is 0 Å². The van der Waals surface area contributed by atoms with Crippen molar-refractivity contribution in [1.29, 1.82) is 0 Å². The van der Waals surface area contributed by atoms with E-state index in [2.05, 4.69) is 10.6 Å². The van der Waals surface area contributed by atoms with E-state index in [-0.39, 0.29) is 24.8 Å². The summed E-state index contributed by atoms with van der Waals surface area (Å²) >= 11 is 11.7. The average molecular weight is 423 g/mol. The maximum Gasteiger partial charge on any atom is 0.306 e. The molecule has 0 spiro atoms. The Morgan fingerprint density at radius 2 is 1.68 bits per heavy atom. The number of benzene rings is 2. The van der Waals surface area contributed by atoms with Gasteiger partial charge in [-0.05, 0) is 30.7 Å². The standard InChI is InChI=1S/C20H20Cl2N2O4/c1-13(14-5-3-2-4-6-14)23-19(26)12-28-20(27)10-9-18(25)24-15-7-8-16(21)17(22)11-15/h2-8,11,13H,9-10,12H2,1H3,(H,23,26)(H,24,25)/t13-/m1/s1. The van der Waals surface area contributed by atoms with E-state index in [1.165, 1.54) is 6.07 Å². The molecule has 28 heavy (non-hydrogen) atoms. The maximum atomic E-state index is 11.9. The molecule has 2 aromatic rings. The van der Waals surface area contributed by atoms with E-state index in [1.807, 2.05) is 37.3 Å². The predicted octanol–water partition coefficient (Wildman–Crippen LogP) is 4.13. The second-order valence-electron chi connectivity index (χ2n) is 6.04. The van der Waals surface area contributed by atoms with Crippen molar-refractivity contribution in [3.8, 4) is 0 Å². The first-order valence-electron chi connectivity index (χ1n) is 8.60. The number of ether oxygens (including phenoxy) is 1. The fourth-order valence-electron chi connectivity index (χ4n) is 2.34. The molecule has 2 N–H and O–H groups in total. The number of esters is 1. The predicted molar refractivity (Wildman–Crippen MR) is 108 cm³/mol. The number of amides is 2. The molecule has 6 nitrogen and oxygen atoms in total. The van der Waals surface area contributed by atoms with Gasteiger partial charge in [0.15, 0.2) is 6.61 Å². The third-order valence-corrected chi connectivity index (χ3v) is 4.54. The van der Waals surface area contributed by atoms with Gasteiger partial charge in [0.25, 0.3) is 5.91 Å². The van der Waals surface area contributed by atoms with E-state index in [4.69, 9.17) is 27.9 Å². The Hall–Kier alpha value is -2.57. The number of hydrogen-bond donors (Lipinski definition) is 2. The highest BCUT2D eigenvalue weighted by molar-refractivity contribution is 6.42. The number of hydrogen-bond acceptors (Lipinski definition) is 4. The summed E-state index contributed by atoms with van der Waals surface area (Å²) in [6.45, 7) is 1.44. The third-order valence-electron chi connectivity index (χ3n) is 3.80. The van der Waals surface area contributed by atoms with Gasteiger partial charge < -0.3 is 15.4 Å². The lowest BCUT2D eigenvalue weighted by Gasteiger charge is -2.14. The summed E-state index contributed by atoms with van der Waals surface area (Å²) in [5.74, 6) is -1.42. The van der Waals surface area contributed by atoms with Crippen molar-refractivity contribution in [1.82, 2.24) is 5.32 Å². The molecule has 0 aliphatic rings. The van der Waals surface area contributed by atoms with E-state index < -0.39 is 18.5 Å². The highest BCUT2D eigenvalue weighted by Crippen LogP contribution is 2.25. The van der Waals surface area contributed by atoms with E-state index in [0.717, 1.165) is 5.56 Å². The molecule has 1 atom stereocenters. The van der Waals surface area contributed by atoms with Gasteiger partial charge in [-0.3, -0.25) is 14.4 Å². The Balaban J connectivity index is 1.68. The van der Waals surface area contributed by atoms with Crippen LogP contribution in [0, 0.1) is 0 Å². The van der Waals surface area contributed by atoms with Crippen LogP contribution in [0.3, 0.4) is 0 Å². The van der Waals surface area contributed by atoms with Gasteiger partial charge in [0, 0.05) is 12.1 Å². The van der Waals surface area contributed by atoms with Crippen LogP contribution in [0.5, 0.6) is 0 Å². The molecule has 0 unspecified atom stereocenters. The molecular weight excluding hydrogens is 403 g/mol. The average Bonchev–Trinajstić information content (AvgIpc) is 2.68. The minimum atomic E-state index is -0.633. The van der Waals surface area contributed by atoms with E-state index in [0.29, 0.717) is 15.7 Å². The van der Waals surface area contributed by atoms with Crippen molar-refractivity contribution in [2.45, 2.75) is 25.8 Å². The summed E-state index contributed by atoms with van der Waals surface area (Å²) in [6.07, 6.45) is -0.226. The summed E-state index contributed by atoms with van der Waals surface area (Å²) in [6, 6.07) is 13.9. The lowest BCUT2D eigenvalue weighted by atomic mass is 10.1. The van der Waals surface area contributed by atoms with Gasteiger partial charge in [-0.25, -0.2) is 0 Å². The molecular formula is C20H20Cl2N2O4. The summed E-state index contributed by atoms with van der Waals surface area (Å²) < 4.78 is 4.91.